The van der Waals surface area contributed by atoms with E-state index < -0.39 is 0 Å². The minimum Gasteiger partial charge on any atom is -0.496 e. The molecule has 0 heterocycles. The molecule has 0 aromatic heterocycles. The second-order valence-electron chi connectivity index (χ2n) is 3.98. The SMILES string of the molecule is COc1cccc(OC)c1C(=O)N(C)CCC(N)=S. The van der Waals surface area contributed by atoms with Gasteiger partial charge >= 0.3 is 0 Å². The summed E-state index contributed by atoms with van der Waals surface area (Å²) in [7, 11) is 4.72. The molecule has 0 saturated carbocycles. The first-order chi connectivity index (χ1) is 9.01. The van der Waals surface area contributed by atoms with E-state index in [0.717, 1.165) is 0 Å². The van der Waals surface area contributed by atoms with Crippen molar-refractivity contribution in [1.29, 1.82) is 0 Å². The third-order valence-electron chi connectivity index (χ3n) is 2.68. The van der Waals surface area contributed by atoms with Gasteiger partial charge < -0.3 is 20.1 Å². The van der Waals surface area contributed by atoms with Crippen LogP contribution in [0, 0.1) is 0 Å². The van der Waals surface area contributed by atoms with Crippen LogP contribution in [0.15, 0.2) is 18.2 Å². The van der Waals surface area contributed by atoms with Crippen molar-refractivity contribution >= 4 is 23.1 Å². The number of hydrogen-bond donors (Lipinski definition) is 1. The molecule has 1 aromatic rings. The zero-order valence-corrected chi connectivity index (χ0v) is 12.1. The average Bonchev–Trinajstić information content (AvgIpc) is 2.42. The number of carbonyl (C=O) groups excluding carboxylic acids is 1. The van der Waals surface area contributed by atoms with E-state index in [1.54, 1.807) is 30.1 Å². The van der Waals surface area contributed by atoms with E-state index in [1.807, 2.05) is 0 Å². The molecule has 0 fully saturated rings. The Hall–Kier alpha value is -1.82. The van der Waals surface area contributed by atoms with E-state index in [-0.39, 0.29) is 5.91 Å². The fourth-order valence-electron chi connectivity index (χ4n) is 1.63. The fraction of sp³-hybridized carbons (Fsp3) is 0.385. The minimum atomic E-state index is -0.189. The van der Waals surface area contributed by atoms with Gasteiger partial charge in [-0.25, -0.2) is 0 Å². The average molecular weight is 282 g/mol. The molecule has 6 heteroatoms. The number of thiocarbonyl (C=S) groups is 1. The predicted octanol–water partition coefficient (Wildman–Crippen LogP) is 1.45. The molecular weight excluding hydrogens is 264 g/mol. The maximum absolute atomic E-state index is 12.4. The van der Waals surface area contributed by atoms with Crippen LogP contribution in [0.4, 0.5) is 0 Å². The van der Waals surface area contributed by atoms with Crippen LogP contribution in [0.1, 0.15) is 16.8 Å². The van der Waals surface area contributed by atoms with E-state index in [1.165, 1.54) is 14.2 Å². The number of rotatable bonds is 6. The van der Waals surface area contributed by atoms with Gasteiger partial charge in [0, 0.05) is 20.0 Å². The number of hydrogen-bond acceptors (Lipinski definition) is 4. The molecule has 0 saturated heterocycles. The molecule has 1 amide bonds. The zero-order chi connectivity index (χ0) is 14.4. The number of amides is 1. The first kappa shape index (κ1) is 15.2. The van der Waals surface area contributed by atoms with E-state index in [2.05, 4.69) is 0 Å². The Morgan fingerprint density at radius 2 is 1.84 bits per heavy atom. The fourth-order valence-corrected chi connectivity index (χ4v) is 1.72. The van der Waals surface area contributed by atoms with E-state index >= 15 is 0 Å². The van der Waals surface area contributed by atoms with Crippen LogP contribution in [0.5, 0.6) is 11.5 Å². The maximum atomic E-state index is 12.4. The third-order valence-corrected chi connectivity index (χ3v) is 2.89. The number of benzene rings is 1. The monoisotopic (exact) mass is 282 g/mol. The van der Waals surface area contributed by atoms with Gasteiger partial charge in [-0.2, -0.15) is 0 Å². The molecule has 1 rings (SSSR count). The van der Waals surface area contributed by atoms with Gasteiger partial charge in [0.25, 0.3) is 5.91 Å². The Morgan fingerprint density at radius 3 is 2.26 bits per heavy atom. The topological polar surface area (TPSA) is 64.8 Å². The van der Waals surface area contributed by atoms with Gasteiger partial charge in [0.2, 0.25) is 0 Å². The van der Waals surface area contributed by atoms with Crippen LogP contribution in [-0.2, 0) is 0 Å². The molecule has 0 bridgehead atoms. The molecule has 0 spiro atoms. The first-order valence-corrected chi connectivity index (χ1v) is 6.16. The normalized spacial score (nSPS) is 9.84. The first-order valence-electron chi connectivity index (χ1n) is 5.76. The lowest BCUT2D eigenvalue weighted by molar-refractivity contribution is 0.0792. The number of methoxy groups -OCH3 is 2. The smallest absolute Gasteiger partial charge is 0.261 e. The molecule has 0 aliphatic rings. The summed E-state index contributed by atoms with van der Waals surface area (Å²) in [5.41, 5.74) is 5.84. The van der Waals surface area contributed by atoms with Crippen molar-refractivity contribution < 1.29 is 14.3 Å². The van der Waals surface area contributed by atoms with Crippen molar-refractivity contribution in [2.24, 2.45) is 5.73 Å². The number of nitrogens with zero attached hydrogens (tertiary/aromatic N) is 1. The van der Waals surface area contributed by atoms with Crippen LogP contribution in [-0.4, -0.2) is 43.6 Å². The lowest BCUT2D eigenvalue weighted by Crippen LogP contribution is -2.30. The summed E-state index contributed by atoms with van der Waals surface area (Å²) in [6.07, 6.45) is 0.481. The molecule has 0 unspecified atom stereocenters. The molecule has 0 aliphatic carbocycles. The van der Waals surface area contributed by atoms with Gasteiger partial charge in [0.05, 0.1) is 19.2 Å². The minimum absolute atomic E-state index is 0.189. The number of ether oxygens (including phenoxy) is 2. The molecule has 1 aromatic carbocycles. The van der Waals surface area contributed by atoms with Gasteiger partial charge in [-0.3, -0.25) is 4.79 Å². The Bertz CT molecular complexity index is 455. The number of nitrogens with two attached hydrogens (primary N) is 1. The summed E-state index contributed by atoms with van der Waals surface area (Å²) in [6, 6.07) is 5.21. The Balaban J connectivity index is 3.00. The van der Waals surface area contributed by atoms with Crippen molar-refractivity contribution in [3.8, 4) is 11.5 Å². The highest BCUT2D eigenvalue weighted by atomic mass is 32.1. The lowest BCUT2D eigenvalue weighted by Gasteiger charge is -2.20. The summed E-state index contributed by atoms with van der Waals surface area (Å²) in [4.78, 5) is 14.3. The Labute approximate surface area is 118 Å². The Kier molecular flexibility index (Phi) is 5.57. The van der Waals surface area contributed by atoms with Crippen molar-refractivity contribution in [3.63, 3.8) is 0 Å². The van der Waals surface area contributed by atoms with Crippen LogP contribution in [0.2, 0.25) is 0 Å². The summed E-state index contributed by atoms with van der Waals surface area (Å²) in [5.74, 6) is 0.767. The van der Waals surface area contributed by atoms with Gasteiger partial charge in [0.1, 0.15) is 17.1 Å². The molecule has 2 N–H and O–H groups in total. The van der Waals surface area contributed by atoms with Crippen LogP contribution >= 0.6 is 12.2 Å². The maximum Gasteiger partial charge on any atom is 0.261 e. The van der Waals surface area contributed by atoms with Crippen LogP contribution in [0.25, 0.3) is 0 Å². The Morgan fingerprint density at radius 1 is 1.32 bits per heavy atom. The van der Waals surface area contributed by atoms with Crippen molar-refractivity contribution in [2.45, 2.75) is 6.42 Å². The van der Waals surface area contributed by atoms with Crippen LogP contribution < -0.4 is 15.2 Å². The second-order valence-corrected chi connectivity index (χ2v) is 4.50. The molecule has 0 aliphatic heterocycles. The largest absolute Gasteiger partial charge is 0.496 e. The number of carbonyl (C=O) groups is 1. The highest BCUT2D eigenvalue weighted by Crippen LogP contribution is 2.29. The van der Waals surface area contributed by atoms with Crippen molar-refractivity contribution in [3.05, 3.63) is 23.8 Å². The molecule has 5 nitrogen and oxygen atoms in total. The van der Waals surface area contributed by atoms with Crippen LogP contribution in [0.3, 0.4) is 0 Å². The standard InChI is InChI=1S/C13H18N2O3S/c1-15(8-7-11(14)19)13(16)12-9(17-2)5-4-6-10(12)18-3/h4-6H,7-8H2,1-3H3,(H2,14,19). The molecular formula is C13H18N2O3S. The highest BCUT2D eigenvalue weighted by molar-refractivity contribution is 7.80. The summed E-state index contributed by atoms with van der Waals surface area (Å²) >= 11 is 4.80. The van der Waals surface area contributed by atoms with E-state index in [9.17, 15) is 4.79 Å². The van der Waals surface area contributed by atoms with E-state index in [4.69, 9.17) is 27.4 Å². The quantitative estimate of drug-likeness (QED) is 0.800. The molecule has 104 valence electrons. The molecule has 0 radical (unpaired) electrons. The van der Waals surface area contributed by atoms with Gasteiger partial charge in [0.15, 0.2) is 0 Å². The summed E-state index contributed by atoms with van der Waals surface area (Å²) < 4.78 is 10.4. The third kappa shape index (κ3) is 3.82. The molecule has 0 atom stereocenters. The summed E-state index contributed by atoms with van der Waals surface area (Å²) in [6.45, 7) is 0.454. The van der Waals surface area contributed by atoms with Crippen molar-refractivity contribution in [2.75, 3.05) is 27.8 Å². The zero-order valence-electron chi connectivity index (χ0n) is 11.3. The second kappa shape index (κ2) is 6.94. The lowest BCUT2D eigenvalue weighted by atomic mass is 10.1. The van der Waals surface area contributed by atoms with Gasteiger partial charge in [-0.05, 0) is 12.1 Å². The predicted molar refractivity (Wildman–Crippen MR) is 77.9 cm³/mol. The van der Waals surface area contributed by atoms with Gasteiger partial charge in [-0.15, -0.1) is 0 Å². The molecule has 19 heavy (non-hydrogen) atoms. The van der Waals surface area contributed by atoms with Gasteiger partial charge in [-0.1, -0.05) is 18.3 Å². The highest BCUT2D eigenvalue weighted by Gasteiger charge is 2.21. The summed E-state index contributed by atoms with van der Waals surface area (Å²) in [5, 5.41) is 0. The van der Waals surface area contributed by atoms with E-state index in [0.29, 0.717) is 35.0 Å². The van der Waals surface area contributed by atoms with Crippen molar-refractivity contribution in [1.82, 2.24) is 4.90 Å².